The number of nitrogens with one attached hydrogen (secondary N) is 1. The first-order chi connectivity index (χ1) is 15.1. The quantitative estimate of drug-likeness (QED) is 0.715. The molecule has 32 heavy (non-hydrogen) atoms. The Morgan fingerprint density at radius 2 is 1.75 bits per heavy atom. The van der Waals surface area contributed by atoms with Crippen LogP contribution in [0.3, 0.4) is 0 Å². The van der Waals surface area contributed by atoms with Crippen molar-refractivity contribution in [3.8, 4) is 0 Å². The molecule has 0 saturated carbocycles. The highest BCUT2D eigenvalue weighted by Gasteiger charge is 2.52. The zero-order chi connectivity index (χ0) is 23.1. The van der Waals surface area contributed by atoms with E-state index in [-0.39, 0.29) is 5.56 Å². The maximum absolute atomic E-state index is 12.7. The number of pyridine rings is 2. The highest BCUT2D eigenvalue weighted by molar-refractivity contribution is 6.62. The van der Waals surface area contributed by atoms with Gasteiger partial charge in [0.05, 0.1) is 23.1 Å². The molecular formula is C23H34BN5O3. The minimum Gasteiger partial charge on any atom is -0.399 e. The number of aromatic nitrogens is 2. The molecule has 2 saturated heterocycles. The van der Waals surface area contributed by atoms with Crippen LogP contribution in [-0.2, 0) is 16.4 Å². The number of piperazine rings is 1. The summed E-state index contributed by atoms with van der Waals surface area (Å²) in [4.78, 5) is 22.1. The molecule has 0 aromatic carbocycles. The first-order valence-corrected chi connectivity index (χ1v) is 11.4. The average Bonchev–Trinajstić information content (AvgIpc) is 2.99. The molecule has 9 heteroatoms. The van der Waals surface area contributed by atoms with Crippen molar-refractivity contribution in [2.45, 2.75) is 45.8 Å². The topological polar surface area (TPSA) is 71.9 Å². The molecule has 2 fully saturated rings. The van der Waals surface area contributed by atoms with Crippen LogP contribution in [0.15, 0.2) is 35.4 Å². The van der Waals surface area contributed by atoms with Gasteiger partial charge in [0.25, 0.3) is 5.56 Å². The van der Waals surface area contributed by atoms with Crippen LogP contribution in [0.2, 0.25) is 0 Å². The van der Waals surface area contributed by atoms with Gasteiger partial charge >= 0.3 is 7.12 Å². The Hall–Kier alpha value is -2.36. The summed E-state index contributed by atoms with van der Waals surface area (Å²) in [7, 11) is 1.19. The Balaban J connectivity index is 1.50. The van der Waals surface area contributed by atoms with E-state index in [1.807, 2.05) is 40.0 Å². The normalized spacial score (nSPS) is 20.6. The SMILES string of the molecule is CCN1CCN(c2ccc(Nc3cc(B4OC(C)(C)C(C)(C)O4)cn(C)c3=O)nc2)CC1. The van der Waals surface area contributed by atoms with Gasteiger partial charge in [0.1, 0.15) is 11.5 Å². The van der Waals surface area contributed by atoms with Gasteiger partial charge in [-0.25, -0.2) is 4.98 Å². The Labute approximate surface area is 190 Å². The van der Waals surface area contributed by atoms with E-state index in [1.54, 1.807) is 23.9 Å². The van der Waals surface area contributed by atoms with Crippen molar-refractivity contribution in [3.05, 3.63) is 40.9 Å². The van der Waals surface area contributed by atoms with E-state index in [9.17, 15) is 4.79 Å². The van der Waals surface area contributed by atoms with Crippen LogP contribution in [0.4, 0.5) is 17.2 Å². The predicted octanol–water partition coefficient (Wildman–Crippen LogP) is 1.97. The predicted molar refractivity (Wildman–Crippen MR) is 129 cm³/mol. The molecule has 0 radical (unpaired) electrons. The minimum absolute atomic E-state index is 0.133. The molecule has 172 valence electrons. The fourth-order valence-corrected chi connectivity index (χ4v) is 4.04. The van der Waals surface area contributed by atoms with Crippen LogP contribution in [0.1, 0.15) is 34.6 Å². The van der Waals surface area contributed by atoms with E-state index in [2.05, 4.69) is 33.1 Å². The molecule has 4 rings (SSSR count). The lowest BCUT2D eigenvalue weighted by molar-refractivity contribution is 0.00578. The highest BCUT2D eigenvalue weighted by atomic mass is 16.7. The summed E-state index contributed by atoms with van der Waals surface area (Å²) in [5.74, 6) is 0.629. The molecule has 2 aromatic rings. The number of anilines is 3. The molecule has 0 bridgehead atoms. The largest absolute Gasteiger partial charge is 0.496 e. The Kier molecular flexibility index (Phi) is 6.09. The summed E-state index contributed by atoms with van der Waals surface area (Å²) in [6, 6.07) is 5.77. The molecule has 2 aliphatic rings. The maximum Gasteiger partial charge on any atom is 0.496 e. The fraction of sp³-hybridized carbons (Fsp3) is 0.565. The first kappa shape index (κ1) is 22.8. The first-order valence-electron chi connectivity index (χ1n) is 11.4. The number of nitrogens with zero attached hydrogens (tertiary/aromatic N) is 4. The minimum atomic E-state index is -0.538. The summed E-state index contributed by atoms with van der Waals surface area (Å²) < 4.78 is 13.9. The summed E-state index contributed by atoms with van der Waals surface area (Å²) in [5.41, 5.74) is 1.31. The second kappa shape index (κ2) is 8.54. The Bertz CT molecular complexity index is 997. The van der Waals surface area contributed by atoms with Gasteiger partial charge in [-0.1, -0.05) is 6.92 Å². The van der Waals surface area contributed by atoms with Crippen LogP contribution in [0.5, 0.6) is 0 Å². The maximum atomic E-state index is 12.7. The monoisotopic (exact) mass is 439 g/mol. The number of likely N-dealkylation sites (N-methyl/N-ethyl adjacent to an activating group) is 1. The molecular weight excluding hydrogens is 405 g/mol. The summed E-state index contributed by atoms with van der Waals surface area (Å²) in [6.45, 7) is 15.5. The highest BCUT2D eigenvalue weighted by Crippen LogP contribution is 2.36. The summed E-state index contributed by atoms with van der Waals surface area (Å²) >= 11 is 0. The van der Waals surface area contributed by atoms with E-state index >= 15 is 0 Å². The van der Waals surface area contributed by atoms with Crippen molar-refractivity contribution in [3.63, 3.8) is 0 Å². The average molecular weight is 439 g/mol. The van der Waals surface area contributed by atoms with Crippen LogP contribution in [-0.4, -0.2) is 65.5 Å². The number of hydrogen-bond acceptors (Lipinski definition) is 7. The van der Waals surface area contributed by atoms with E-state index < -0.39 is 18.3 Å². The standard InChI is InChI=1S/C23H34BN5O3/c1-7-28-10-12-29(13-11-28)18-8-9-20(25-15-18)26-19-14-17(16-27(6)21(19)30)24-31-22(2,3)23(4,5)32-24/h8-9,14-16H,7,10-13H2,1-6H3,(H,25,26). The number of rotatable bonds is 5. The van der Waals surface area contributed by atoms with Gasteiger partial charge in [-0.05, 0) is 52.4 Å². The number of hydrogen-bond donors (Lipinski definition) is 1. The number of aryl methyl sites for hydroxylation is 1. The molecule has 4 heterocycles. The molecule has 0 aliphatic carbocycles. The van der Waals surface area contributed by atoms with Crippen LogP contribution in [0, 0.1) is 0 Å². The smallest absolute Gasteiger partial charge is 0.399 e. The Morgan fingerprint density at radius 3 is 2.31 bits per heavy atom. The summed E-state index contributed by atoms with van der Waals surface area (Å²) in [5, 5.41) is 3.18. The van der Waals surface area contributed by atoms with Crippen molar-refractivity contribution < 1.29 is 9.31 Å². The lowest BCUT2D eigenvalue weighted by atomic mass is 9.80. The lowest BCUT2D eigenvalue weighted by Crippen LogP contribution is -2.46. The van der Waals surface area contributed by atoms with Crippen LogP contribution < -0.4 is 21.2 Å². The second-order valence-corrected chi connectivity index (χ2v) is 9.64. The van der Waals surface area contributed by atoms with Crippen molar-refractivity contribution in [1.82, 2.24) is 14.5 Å². The van der Waals surface area contributed by atoms with Gasteiger partial charge in [0.15, 0.2) is 0 Å². The van der Waals surface area contributed by atoms with Gasteiger partial charge < -0.3 is 29.0 Å². The van der Waals surface area contributed by atoms with Crippen LogP contribution >= 0.6 is 0 Å². The van der Waals surface area contributed by atoms with E-state index in [0.29, 0.717) is 11.5 Å². The van der Waals surface area contributed by atoms with Crippen molar-refractivity contribution >= 4 is 29.8 Å². The molecule has 2 aliphatic heterocycles. The van der Waals surface area contributed by atoms with E-state index in [4.69, 9.17) is 9.31 Å². The molecule has 1 N–H and O–H groups in total. The van der Waals surface area contributed by atoms with E-state index in [0.717, 1.165) is 43.9 Å². The molecule has 0 amide bonds. The van der Waals surface area contributed by atoms with Gasteiger partial charge in [-0.2, -0.15) is 0 Å². The third-order valence-corrected chi connectivity index (χ3v) is 6.93. The molecule has 2 aromatic heterocycles. The van der Waals surface area contributed by atoms with E-state index in [1.165, 1.54) is 0 Å². The summed E-state index contributed by atoms with van der Waals surface area (Å²) in [6.07, 6.45) is 3.63. The molecule has 0 spiro atoms. The van der Waals surface area contributed by atoms with Gasteiger partial charge in [0, 0.05) is 44.9 Å². The third-order valence-electron chi connectivity index (χ3n) is 6.93. The van der Waals surface area contributed by atoms with Gasteiger partial charge in [-0.15, -0.1) is 0 Å². The van der Waals surface area contributed by atoms with Gasteiger partial charge in [-0.3, -0.25) is 4.79 Å². The van der Waals surface area contributed by atoms with Crippen LogP contribution in [0.25, 0.3) is 0 Å². The zero-order valence-electron chi connectivity index (χ0n) is 20.0. The Morgan fingerprint density at radius 1 is 1.09 bits per heavy atom. The molecule has 0 unspecified atom stereocenters. The molecule has 0 atom stereocenters. The fourth-order valence-electron chi connectivity index (χ4n) is 4.04. The third kappa shape index (κ3) is 4.42. The molecule has 8 nitrogen and oxygen atoms in total. The lowest BCUT2D eigenvalue weighted by Gasteiger charge is -2.35. The second-order valence-electron chi connectivity index (χ2n) is 9.64. The zero-order valence-corrected chi connectivity index (χ0v) is 20.0. The van der Waals surface area contributed by atoms with Crippen molar-refractivity contribution in [2.75, 3.05) is 42.9 Å². The van der Waals surface area contributed by atoms with Gasteiger partial charge in [0.2, 0.25) is 0 Å². The van der Waals surface area contributed by atoms with Crippen molar-refractivity contribution in [2.24, 2.45) is 7.05 Å². The van der Waals surface area contributed by atoms with Crippen molar-refractivity contribution in [1.29, 1.82) is 0 Å².